The molecule has 3 heteroatoms. The first kappa shape index (κ1) is 14.1. The number of carbonyl (C=O) groups excluding carboxylic acids is 1. The van der Waals surface area contributed by atoms with Crippen LogP contribution in [0.3, 0.4) is 0 Å². The third kappa shape index (κ3) is 4.12. The van der Waals surface area contributed by atoms with E-state index in [1.807, 2.05) is 36.4 Å². The lowest BCUT2D eigenvalue weighted by molar-refractivity contribution is -0.131. The van der Waals surface area contributed by atoms with Crippen LogP contribution < -0.4 is 10.5 Å². The van der Waals surface area contributed by atoms with Crippen LogP contribution in [0.2, 0.25) is 0 Å². The first-order valence-electron chi connectivity index (χ1n) is 6.76. The number of ether oxygens (including phenoxy) is 1. The van der Waals surface area contributed by atoms with Gasteiger partial charge >= 0.3 is 5.97 Å². The third-order valence-corrected chi connectivity index (χ3v) is 3.13. The van der Waals surface area contributed by atoms with E-state index in [0.717, 1.165) is 24.9 Å². The number of nitrogens with two attached hydrogens (primary N) is 1. The average Bonchev–Trinajstić information content (AvgIpc) is 2.41. The molecule has 0 unspecified atom stereocenters. The average molecular weight is 269 g/mol. The predicted molar refractivity (Wildman–Crippen MR) is 80.6 cm³/mol. The molecular formula is C17H19NO2. The highest BCUT2D eigenvalue weighted by Crippen LogP contribution is 2.17. The number of para-hydroxylation sites is 1. The van der Waals surface area contributed by atoms with Crippen LogP contribution in [0.15, 0.2) is 48.5 Å². The summed E-state index contributed by atoms with van der Waals surface area (Å²) in [5.41, 5.74) is 9.12. The van der Waals surface area contributed by atoms with Crippen molar-refractivity contribution in [2.45, 2.75) is 26.2 Å². The summed E-state index contributed by atoms with van der Waals surface area (Å²) >= 11 is 0. The first-order chi connectivity index (χ1) is 9.65. The highest BCUT2D eigenvalue weighted by atomic mass is 16.5. The van der Waals surface area contributed by atoms with Crippen LogP contribution >= 0.6 is 0 Å². The summed E-state index contributed by atoms with van der Waals surface area (Å²) in [4.78, 5) is 10.9. The Morgan fingerprint density at radius 1 is 1.10 bits per heavy atom. The van der Waals surface area contributed by atoms with Gasteiger partial charge in [0.2, 0.25) is 0 Å². The molecule has 2 aromatic rings. The predicted octanol–water partition coefficient (Wildman–Crippen LogP) is 3.37. The van der Waals surface area contributed by atoms with Crippen LogP contribution in [0.5, 0.6) is 5.75 Å². The van der Waals surface area contributed by atoms with E-state index in [9.17, 15) is 4.79 Å². The molecule has 0 saturated carbocycles. The molecule has 2 N–H and O–H groups in total. The van der Waals surface area contributed by atoms with Crippen LogP contribution in [-0.2, 0) is 17.6 Å². The molecule has 0 atom stereocenters. The molecule has 0 radical (unpaired) electrons. The Hall–Kier alpha value is -2.29. The van der Waals surface area contributed by atoms with Crippen LogP contribution in [-0.4, -0.2) is 5.97 Å². The topological polar surface area (TPSA) is 52.3 Å². The molecule has 0 amide bonds. The Balaban J connectivity index is 1.91. The summed E-state index contributed by atoms with van der Waals surface area (Å²) in [6, 6.07) is 15.6. The second-order valence-electron chi connectivity index (χ2n) is 4.79. The monoisotopic (exact) mass is 269 g/mol. The Morgan fingerprint density at radius 2 is 1.90 bits per heavy atom. The number of aryl methyl sites for hydroxylation is 2. The van der Waals surface area contributed by atoms with Gasteiger partial charge in [-0.15, -0.1) is 0 Å². The molecule has 0 aliphatic heterocycles. The number of esters is 1. The van der Waals surface area contributed by atoms with Gasteiger partial charge in [-0.1, -0.05) is 30.3 Å². The molecule has 0 heterocycles. The van der Waals surface area contributed by atoms with Gasteiger partial charge in [0.25, 0.3) is 0 Å². The summed E-state index contributed by atoms with van der Waals surface area (Å²) < 4.78 is 5.08. The van der Waals surface area contributed by atoms with Gasteiger partial charge in [0.05, 0.1) is 0 Å². The normalized spacial score (nSPS) is 10.2. The maximum absolute atomic E-state index is 10.9. The molecule has 0 spiro atoms. The first-order valence-corrected chi connectivity index (χ1v) is 6.76. The molecule has 0 aliphatic rings. The Morgan fingerprint density at radius 3 is 2.65 bits per heavy atom. The molecule has 0 fully saturated rings. The maximum Gasteiger partial charge on any atom is 0.308 e. The smallest absolute Gasteiger partial charge is 0.308 e. The summed E-state index contributed by atoms with van der Waals surface area (Å²) in [7, 11) is 0. The minimum Gasteiger partial charge on any atom is -0.427 e. The zero-order valence-corrected chi connectivity index (χ0v) is 11.6. The Bertz CT molecular complexity index is 593. The molecule has 3 nitrogen and oxygen atoms in total. The van der Waals surface area contributed by atoms with Gasteiger partial charge in [-0.05, 0) is 48.6 Å². The van der Waals surface area contributed by atoms with E-state index in [0.29, 0.717) is 5.75 Å². The van der Waals surface area contributed by atoms with Crippen molar-refractivity contribution in [3.63, 3.8) is 0 Å². The summed E-state index contributed by atoms with van der Waals surface area (Å²) in [5.74, 6) is 0.313. The van der Waals surface area contributed by atoms with Crippen molar-refractivity contribution in [1.29, 1.82) is 0 Å². The van der Waals surface area contributed by atoms with Crippen molar-refractivity contribution in [1.82, 2.24) is 0 Å². The highest BCUT2D eigenvalue weighted by Gasteiger charge is 2.02. The van der Waals surface area contributed by atoms with Crippen LogP contribution in [0.1, 0.15) is 24.5 Å². The fourth-order valence-electron chi connectivity index (χ4n) is 2.18. The van der Waals surface area contributed by atoms with Gasteiger partial charge in [-0.3, -0.25) is 4.79 Å². The minimum absolute atomic E-state index is 0.292. The lowest BCUT2D eigenvalue weighted by atomic mass is 10.0. The van der Waals surface area contributed by atoms with E-state index in [4.69, 9.17) is 10.5 Å². The maximum atomic E-state index is 10.9. The van der Waals surface area contributed by atoms with Crippen LogP contribution in [0, 0.1) is 0 Å². The van der Waals surface area contributed by atoms with Crippen molar-refractivity contribution in [3.05, 3.63) is 59.7 Å². The molecule has 0 aromatic heterocycles. The lowest BCUT2D eigenvalue weighted by Gasteiger charge is -2.07. The molecular weight excluding hydrogens is 250 g/mol. The molecule has 0 aliphatic carbocycles. The Kier molecular flexibility index (Phi) is 4.77. The largest absolute Gasteiger partial charge is 0.427 e. The van der Waals surface area contributed by atoms with Crippen molar-refractivity contribution in [2.24, 2.45) is 0 Å². The lowest BCUT2D eigenvalue weighted by Crippen LogP contribution is -2.01. The number of benzene rings is 2. The van der Waals surface area contributed by atoms with Gasteiger partial charge in [0, 0.05) is 12.6 Å². The number of hydrogen-bond acceptors (Lipinski definition) is 3. The molecule has 20 heavy (non-hydrogen) atoms. The third-order valence-electron chi connectivity index (χ3n) is 3.13. The Labute approximate surface area is 119 Å². The summed E-state index contributed by atoms with van der Waals surface area (Å²) in [6.45, 7) is 1.41. The standard InChI is InChI=1S/C17H19NO2/c1-13(19)20-16-10-5-7-14(12-16)6-4-9-15-8-2-3-11-17(15)18/h2-3,5,7-8,10-12H,4,6,9,18H2,1H3. The van der Waals surface area contributed by atoms with Gasteiger partial charge < -0.3 is 10.5 Å². The molecule has 2 aromatic carbocycles. The van der Waals surface area contributed by atoms with Crippen LogP contribution in [0.25, 0.3) is 0 Å². The molecule has 0 saturated heterocycles. The number of anilines is 1. The molecule has 104 valence electrons. The van der Waals surface area contributed by atoms with Crippen molar-refractivity contribution in [2.75, 3.05) is 5.73 Å². The van der Waals surface area contributed by atoms with E-state index < -0.39 is 0 Å². The van der Waals surface area contributed by atoms with Crippen molar-refractivity contribution in [3.8, 4) is 5.75 Å². The summed E-state index contributed by atoms with van der Waals surface area (Å²) in [5, 5.41) is 0. The van der Waals surface area contributed by atoms with E-state index in [1.165, 1.54) is 18.1 Å². The van der Waals surface area contributed by atoms with Crippen LogP contribution in [0.4, 0.5) is 5.69 Å². The van der Waals surface area contributed by atoms with Crippen molar-refractivity contribution < 1.29 is 9.53 Å². The van der Waals surface area contributed by atoms with Gasteiger partial charge in [-0.2, -0.15) is 0 Å². The number of nitrogen functional groups attached to an aromatic ring is 1. The van der Waals surface area contributed by atoms with E-state index in [1.54, 1.807) is 6.07 Å². The van der Waals surface area contributed by atoms with E-state index in [2.05, 4.69) is 6.07 Å². The minimum atomic E-state index is -0.292. The summed E-state index contributed by atoms with van der Waals surface area (Å²) in [6.07, 6.45) is 2.89. The zero-order chi connectivity index (χ0) is 14.4. The quantitative estimate of drug-likeness (QED) is 0.514. The second-order valence-corrected chi connectivity index (χ2v) is 4.79. The van der Waals surface area contributed by atoms with Gasteiger partial charge in [0.15, 0.2) is 0 Å². The number of carbonyl (C=O) groups is 1. The second kappa shape index (κ2) is 6.75. The molecule has 0 bridgehead atoms. The van der Waals surface area contributed by atoms with Gasteiger partial charge in [-0.25, -0.2) is 0 Å². The fourth-order valence-corrected chi connectivity index (χ4v) is 2.18. The number of rotatable bonds is 5. The fraction of sp³-hybridized carbons (Fsp3) is 0.235. The van der Waals surface area contributed by atoms with E-state index >= 15 is 0 Å². The SMILES string of the molecule is CC(=O)Oc1cccc(CCCc2ccccc2N)c1. The highest BCUT2D eigenvalue weighted by molar-refractivity contribution is 5.69. The molecule has 2 rings (SSSR count). The number of hydrogen-bond donors (Lipinski definition) is 1. The van der Waals surface area contributed by atoms with Gasteiger partial charge in [0.1, 0.15) is 5.75 Å². The van der Waals surface area contributed by atoms with Crippen molar-refractivity contribution >= 4 is 11.7 Å². The van der Waals surface area contributed by atoms with E-state index in [-0.39, 0.29) is 5.97 Å². The zero-order valence-electron chi connectivity index (χ0n) is 11.6.